The lowest BCUT2D eigenvalue weighted by Gasteiger charge is -2.25. The molecule has 0 spiro atoms. The van der Waals surface area contributed by atoms with E-state index in [1.807, 2.05) is 27.7 Å². The highest BCUT2D eigenvalue weighted by atomic mass is 16.2. The lowest BCUT2D eigenvalue weighted by Crippen LogP contribution is -2.46. The summed E-state index contributed by atoms with van der Waals surface area (Å²) in [6.07, 6.45) is 1.48. The zero-order chi connectivity index (χ0) is 16.5. The Bertz CT molecular complexity index is 740. The number of likely N-dealkylation sites (N-methyl/N-ethyl adjacent to an activating group) is 1. The molecule has 0 unspecified atom stereocenters. The standard InChI is InChI=1S/C14H22N6O2/c1-6-20(8-10(21)18-14(2,3)4)13-16-11-9(12(22)17-13)7-15-19(11)5/h7H,6,8H2,1-5H3,(H,18,21)(H,16,17,22). The van der Waals surface area contributed by atoms with Gasteiger partial charge in [-0.15, -0.1) is 0 Å². The van der Waals surface area contributed by atoms with E-state index in [-0.39, 0.29) is 23.6 Å². The number of hydrogen-bond acceptors (Lipinski definition) is 5. The quantitative estimate of drug-likeness (QED) is 0.852. The molecule has 0 bridgehead atoms. The Morgan fingerprint density at radius 2 is 2.14 bits per heavy atom. The Labute approximate surface area is 128 Å². The number of carbonyl (C=O) groups excluding carboxylic acids is 1. The summed E-state index contributed by atoms with van der Waals surface area (Å²) in [7, 11) is 1.72. The number of rotatable bonds is 4. The Kier molecular flexibility index (Phi) is 4.20. The fourth-order valence-corrected chi connectivity index (χ4v) is 2.14. The van der Waals surface area contributed by atoms with Crippen molar-refractivity contribution in [3.8, 4) is 0 Å². The van der Waals surface area contributed by atoms with E-state index in [1.54, 1.807) is 11.9 Å². The maximum atomic E-state index is 12.1. The molecule has 0 fully saturated rings. The van der Waals surface area contributed by atoms with Crippen LogP contribution < -0.4 is 15.8 Å². The maximum absolute atomic E-state index is 12.1. The van der Waals surface area contributed by atoms with Crippen molar-refractivity contribution in [2.45, 2.75) is 33.2 Å². The summed E-state index contributed by atoms with van der Waals surface area (Å²) in [5.41, 5.74) is -0.0697. The van der Waals surface area contributed by atoms with Crippen LogP contribution in [0, 0.1) is 0 Å². The van der Waals surface area contributed by atoms with E-state index in [4.69, 9.17) is 0 Å². The number of H-pyrrole nitrogens is 1. The number of fused-ring (bicyclic) bond motifs is 1. The zero-order valence-corrected chi connectivity index (χ0v) is 13.6. The lowest BCUT2D eigenvalue weighted by molar-refractivity contribution is -0.121. The van der Waals surface area contributed by atoms with Crippen molar-refractivity contribution in [3.05, 3.63) is 16.6 Å². The van der Waals surface area contributed by atoms with E-state index < -0.39 is 0 Å². The molecular formula is C14H22N6O2. The monoisotopic (exact) mass is 306 g/mol. The van der Waals surface area contributed by atoms with Gasteiger partial charge in [0.1, 0.15) is 5.39 Å². The fraction of sp³-hybridized carbons (Fsp3) is 0.571. The number of nitrogens with one attached hydrogen (secondary N) is 2. The van der Waals surface area contributed by atoms with Gasteiger partial charge in [0.2, 0.25) is 11.9 Å². The highest BCUT2D eigenvalue weighted by Gasteiger charge is 2.18. The Morgan fingerprint density at radius 1 is 1.45 bits per heavy atom. The van der Waals surface area contributed by atoms with Crippen LogP contribution in [0.1, 0.15) is 27.7 Å². The zero-order valence-electron chi connectivity index (χ0n) is 13.6. The first-order valence-electron chi connectivity index (χ1n) is 7.19. The van der Waals surface area contributed by atoms with Gasteiger partial charge in [-0.25, -0.2) is 0 Å². The molecule has 1 amide bonds. The lowest BCUT2D eigenvalue weighted by atomic mass is 10.1. The molecule has 120 valence electrons. The first kappa shape index (κ1) is 16.0. The molecule has 2 N–H and O–H groups in total. The number of anilines is 1. The third-order valence-corrected chi connectivity index (χ3v) is 3.12. The molecule has 22 heavy (non-hydrogen) atoms. The normalized spacial score (nSPS) is 11.7. The molecule has 0 aromatic carbocycles. The van der Waals surface area contributed by atoms with Crippen LogP contribution in [0.5, 0.6) is 0 Å². The average molecular weight is 306 g/mol. The van der Waals surface area contributed by atoms with Gasteiger partial charge in [0.05, 0.1) is 12.7 Å². The predicted molar refractivity (Wildman–Crippen MR) is 84.9 cm³/mol. The van der Waals surface area contributed by atoms with Crippen molar-refractivity contribution in [3.63, 3.8) is 0 Å². The minimum Gasteiger partial charge on any atom is -0.350 e. The van der Waals surface area contributed by atoms with Crippen molar-refractivity contribution in [2.24, 2.45) is 7.05 Å². The summed E-state index contributed by atoms with van der Waals surface area (Å²) in [5.74, 6) is 0.245. The molecule has 2 aromatic rings. The summed E-state index contributed by atoms with van der Waals surface area (Å²) in [6.45, 7) is 8.33. The number of aryl methyl sites for hydroxylation is 1. The molecule has 0 saturated heterocycles. The highest BCUT2D eigenvalue weighted by molar-refractivity contribution is 5.82. The van der Waals surface area contributed by atoms with E-state index in [9.17, 15) is 9.59 Å². The topological polar surface area (TPSA) is 95.9 Å². The Hall–Kier alpha value is -2.38. The van der Waals surface area contributed by atoms with Gasteiger partial charge in [0.25, 0.3) is 5.56 Å². The van der Waals surface area contributed by atoms with E-state index in [0.29, 0.717) is 23.5 Å². The number of amides is 1. The maximum Gasteiger partial charge on any atom is 0.263 e. The minimum atomic E-state index is -0.302. The number of aromatic amines is 1. The molecule has 8 nitrogen and oxygen atoms in total. The summed E-state index contributed by atoms with van der Waals surface area (Å²) >= 11 is 0. The second-order valence-corrected chi connectivity index (χ2v) is 6.21. The molecule has 0 atom stereocenters. The summed E-state index contributed by atoms with van der Waals surface area (Å²) < 4.78 is 1.54. The fourth-order valence-electron chi connectivity index (χ4n) is 2.14. The van der Waals surface area contributed by atoms with E-state index in [1.165, 1.54) is 10.9 Å². The third kappa shape index (κ3) is 3.44. The molecule has 2 aromatic heterocycles. The van der Waals surface area contributed by atoms with Gasteiger partial charge in [0.15, 0.2) is 5.65 Å². The molecule has 0 aliphatic rings. The van der Waals surface area contributed by atoms with Crippen LogP contribution in [0.3, 0.4) is 0 Å². The molecule has 2 rings (SSSR count). The summed E-state index contributed by atoms with van der Waals surface area (Å²) in [4.78, 5) is 33.0. The van der Waals surface area contributed by atoms with Gasteiger partial charge in [-0.1, -0.05) is 0 Å². The van der Waals surface area contributed by atoms with Crippen molar-refractivity contribution in [1.82, 2.24) is 25.1 Å². The predicted octanol–water partition coefficient (Wildman–Crippen LogP) is 0.398. The van der Waals surface area contributed by atoms with Crippen LogP contribution in [-0.2, 0) is 11.8 Å². The van der Waals surface area contributed by atoms with Crippen molar-refractivity contribution in [1.29, 1.82) is 0 Å². The van der Waals surface area contributed by atoms with Gasteiger partial charge < -0.3 is 10.2 Å². The molecular weight excluding hydrogens is 284 g/mol. The second kappa shape index (κ2) is 5.78. The Balaban J connectivity index is 2.29. The number of nitrogens with zero attached hydrogens (tertiary/aromatic N) is 4. The first-order chi connectivity index (χ1) is 10.2. The number of aromatic nitrogens is 4. The average Bonchev–Trinajstić information content (AvgIpc) is 2.76. The molecule has 2 heterocycles. The van der Waals surface area contributed by atoms with Crippen LogP contribution in [0.15, 0.2) is 11.0 Å². The van der Waals surface area contributed by atoms with Gasteiger partial charge in [-0.05, 0) is 27.7 Å². The first-order valence-corrected chi connectivity index (χ1v) is 7.19. The molecule has 0 aliphatic heterocycles. The number of carbonyl (C=O) groups is 1. The van der Waals surface area contributed by atoms with Gasteiger partial charge >= 0.3 is 0 Å². The van der Waals surface area contributed by atoms with E-state index >= 15 is 0 Å². The summed E-state index contributed by atoms with van der Waals surface area (Å²) in [6, 6.07) is 0. The van der Waals surface area contributed by atoms with Crippen LogP contribution in [-0.4, -0.2) is 44.3 Å². The van der Waals surface area contributed by atoms with Crippen molar-refractivity contribution < 1.29 is 4.79 Å². The second-order valence-electron chi connectivity index (χ2n) is 6.21. The van der Waals surface area contributed by atoms with Gasteiger partial charge in [0, 0.05) is 19.1 Å². The largest absolute Gasteiger partial charge is 0.350 e. The highest BCUT2D eigenvalue weighted by Crippen LogP contribution is 2.11. The molecule has 0 aliphatic carbocycles. The van der Waals surface area contributed by atoms with Crippen LogP contribution >= 0.6 is 0 Å². The van der Waals surface area contributed by atoms with Crippen molar-refractivity contribution >= 4 is 22.9 Å². The van der Waals surface area contributed by atoms with Gasteiger partial charge in [-0.2, -0.15) is 10.1 Å². The third-order valence-electron chi connectivity index (χ3n) is 3.12. The van der Waals surface area contributed by atoms with Crippen LogP contribution in [0.2, 0.25) is 0 Å². The molecule has 8 heteroatoms. The minimum absolute atomic E-state index is 0.123. The summed E-state index contributed by atoms with van der Waals surface area (Å²) in [5, 5.41) is 7.35. The van der Waals surface area contributed by atoms with Crippen LogP contribution in [0.4, 0.5) is 5.95 Å². The van der Waals surface area contributed by atoms with Crippen molar-refractivity contribution in [2.75, 3.05) is 18.0 Å². The van der Waals surface area contributed by atoms with Gasteiger partial charge in [-0.3, -0.25) is 19.3 Å². The Morgan fingerprint density at radius 3 is 2.73 bits per heavy atom. The molecule has 0 radical (unpaired) electrons. The van der Waals surface area contributed by atoms with E-state index in [2.05, 4.69) is 20.4 Å². The smallest absolute Gasteiger partial charge is 0.263 e. The molecule has 0 saturated carbocycles. The van der Waals surface area contributed by atoms with E-state index in [0.717, 1.165) is 0 Å². The van der Waals surface area contributed by atoms with Crippen LogP contribution in [0.25, 0.3) is 11.0 Å². The number of hydrogen-bond donors (Lipinski definition) is 2. The SMILES string of the molecule is CCN(CC(=O)NC(C)(C)C)c1nc2c(cnn2C)c(=O)[nH]1.